The second-order valence-electron chi connectivity index (χ2n) is 8.80. The summed E-state index contributed by atoms with van der Waals surface area (Å²) in [6.45, 7) is 6.75. The van der Waals surface area contributed by atoms with E-state index in [-0.39, 0.29) is 5.41 Å². The molecule has 1 nitrogen and oxygen atoms in total. The third-order valence-corrected chi connectivity index (χ3v) is 5.43. The van der Waals surface area contributed by atoms with Crippen molar-refractivity contribution in [2.24, 2.45) is 0 Å². The van der Waals surface area contributed by atoms with E-state index in [0.717, 1.165) is 17.1 Å². The Morgan fingerprint density at radius 3 is 1.42 bits per heavy atom. The monoisotopic (exact) mass is 403 g/mol. The maximum Gasteiger partial charge on any atom is 0.0462 e. The molecular weight excluding hydrogens is 374 g/mol. The first-order chi connectivity index (χ1) is 15.0. The van der Waals surface area contributed by atoms with Crippen LogP contribution in [0.25, 0.3) is 12.2 Å². The molecule has 0 N–H and O–H groups in total. The van der Waals surface area contributed by atoms with Gasteiger partial charge in [0, 0.05) is 17.1 Å². The van der Waals surface area contributed by atoms with Gasteiger partial charge in [0.2, 0.25) is 0 Å². The lowest BCUT2D eigenvalue weighted by atomic mass is 9.87. The van der Waals surface area contributed by atoms with E-state index in [1.54, 1.807) is 0 Å². The predicted molar refractivity (Wildman–Crippen MR) is 135 cm³/mol. The molecule has 0 aliphatic heterocycles. The average Bonchev–Trinajstić information content (AvgIpc) is 2.80. The summed E-state index contributed by atoms with van der Waals surface area (Å²) >= 11 is 0. The standard InChI is InChI=1S/C30H29N/c1-30(2,3)26-18-22-29(23-19-26)31(27-12-8-5-9-13-27)28-20-16-25(17-21-28)15-14-24-10-6-4-7-11-24/h4-23H,1-3H3. The Labute approximate surface area is 186 Å². The van der Waals surface area contributed by atoms with Gasteiger partial charge in [-0.2, -0.15) is 0 Å². The minimum atomic E-state index is 0.142. The molecule has 4 rings (SSSR count). The first kappa shape index (κ1) is 20.7. The highest BCUT2D eigenvalue weighted by molar-refractivity contribution is 5.78. The number of anilines is 3. The highest BCUT2D eigenvalue weighted by atomic mass is 15.1. The highest BCUT2D eigenvalue weighted by Crippen LogP contribution is 2.35. The number of rotatable bonds is 5. The Bertz CT molecular complexity index is 1120. The number of hydrogen-bond donors (Lipinski definition) is 0. The number of nitrogens with zero attached hydrogens (tertiary/aromatic N) is 1. The van der Waals surface area contributed by atoms with Gasteiger partial charge >= 0.3 is 0 Å². The van der Waals surface area contributed by atoms with Crippen molar-refractivity contribution in [3.63, 3.8) is 0 Å². The molecule has 0 fully saturated rings. The van der Waals surface area contributed by atoms with E-state index in [0.29, 0.717) is 0 Å². The Balaban J connectivity index is 1.65. The van der Waals surface area contributed by atoms with Crippen molar-refractivity contribution < 1.29 is 0 Å². The molecule has 31 heavy (non-hydrogen) atoms. The maximum atomic E-state index is 2.30. The van der Waals surface area contributed by atoms with E-state index in [9.17, 15) is 0 Å². The molecule has 0 spiro atoms. The van der Waals surface area contributed by atoms with Gasteiger partial charge in [-0.3, -0.25) is 0 Å². The lowest BCUT2D eigenvalue weighted by Gasteiger charge is -2.27. The van der Waals surface area contributed by atoms with Crippen molar-refractivity contribution in [3.8, 4) is 0 Å². The smallest absolute Gasteiger partial charge is 0.0462 e. The van der Waals surface area contributed by atoms with E-state index in [1.807, 2.05) is 6.07 Å². The minimum absolute atomic E-state index is 0.142. The van der Waals surface area contributed by atoms with Crippen molar-refractivity contribution in [2.75, 3.05) is 4.90 Å². The molecule has 0 radical (unpaired) electrons. The van der Waals surface area contributed by atoms with E-state index >= 15 is 0 Å². The number of benzene rings is 4. The van der Waals surface area contributed by atoms with Crippen molar-refractivity contribution in [1.82, 2.24) is 0 Å². The van der Waals surface area contributed by atoms with Crippen LogP contribution in [0.4, 0.5) is 17.1 Å². The van der Waals surface area contributed by atoms with Gasteiger partial charge in [-0.05, 0) is 58.5 Å². The van der Waals surface area contributed by atoms with Crippen LogP contribution in [-0.4, -0.2) is 0 Å². The number of para-hydroxylation sites is 1. The van der Waals surface area contributed by atoms with Gasteiger partial charge in [-0.1, -0.05) is 106 Å². The summed E-state index contributed by atoms with van der Waals surface area (Å²) in [5.74, 6) is 0. The van der Waals surface area contributed by atoms with Gasteiger partial charge in [0.25, 0.3) is 0 Å². The van der Waals surface area contributed by atoms with Gasteiger partial charge in [-0.15, -0.1) is 0 Å². The molecule has 4 aromatic rings. The lowest BCUT2D eigenvalue weighted by Crippen LogP contribution is -2.13. The minimum Gasteiger partial charge on any atom is -0.311 e. The SMILES string of the molecule is CC(C)(C)c1ccc(N(c2ccccc2)c2ccc(C=Cc3ccccc3)cc2)cc1. The van der Waals surface area contributed by atoms with E-state index in [2.05, 4.69) is 141 Å². The average molecular weight is 404 g/mol. The first-order valence-corrected chi connectivity index (χ1v) is 10.8. The zero-order valence-electron chi connectivity index (χ0n) is 18.5. The van der Waals surface area contributed by atoms with Gasteiger partial charge in [-0.25, -0.2) is 0 Å². The molecule has 0 unspecified atom stereocenters. The maximum absolute atomic E-state index is 2.30. The van der Waals surface area contributed by atoms with Crippen LogP contribution in [0.1, 0.15) is 37.5 Å². The Hall–Kier alpha value is -3.58. The third-order valence-electron chi connectivity index (χ3n) is 5.43. The second-order valence-corrected chi connectivity index (χ2v) is 8.80. The van der Waals surface area contributed by atoms with Gasteiger partial charge in [0.1, 0.15) is 0 Å². The normalized spacial score (nSPS) is 11.6. The molecule has 0 aliphatic carbocycles. The summed E-state index contributed by atoms with van der Waals surface area (Å²) in [6, 6.07) is 38.6. The van der Waals surface area contributed by atoms with Crippen molar-refractivity contribution >= 4 is 29.2 Å². The highest BCUT2D eigenvalue weighted by Gasteiger charge is 2.16. The summed E-state index contributed by atoms with van der Waals surface area (Å²) < 4.78 is 0. The van der Waals surface area contributed by atoms with Crippen LogP contribution < -0.4 is 4.90 Å². The lowest BCUT2D eigenvalue weighted by molar-refractivity contribution is 0.590. The van der Waals surface area contributed by atoms with E-state index in [1.165, 1.54) is 16.7 Å². The molecule has 0 saturated heterocycles. The topological polar surface area (TPSA) is 3.24 Å². The molecule has 154 valence electrons. The van der Waals surface area contributed by atoms with Crippen LogP contribution in [0, 0.1) is 0 Å². The van der Waals surface area contributed by atoms with Crippen molar-refractivity contribution in [3.05, 3.63) is 126 Å². The summed E-state index contributed by atoms with van der Waals surface area (Å²) in [4.78, 5) is 2.30. The predicted octanol–water partition coefficient (Wildman–Crippen LogP) is 8.62. The fraction of sp³-hybridized carbons (Fsp3) is 0.133. The second kappa shape index (κ2) is 9.06. The Morgan fingerprint density at radius 1 is 0.484 bits per heavy atom. The zero-order chi connectivity index (χ0) is 21.7. The van der Waals surface area contributed by atoms with Crippen LogP contribution in [0.2, 0.25) is 0 Å². The zero-order valence-corrected chi connectivity index (χ0v) is 18.5. The molecule has 0 bridgehead atoms. The molecule has 0 aliphatic rings. The van der Waals surface area contributed by atoms with E-state index < -0.39 is 0 Å². The van der Waals surface area contributed by atoms with Crippen LogP contribution in [0.3, 0.4) is 0 Å². The molecule has 0 saturated carbocycles. The van der Waals surface area contributed by atoms with E-state index in [4.69, 9.17) is 0 Å². The largest absolute Gasteiger partial charge is 0.311 e. The van der Waals surface area contributed by atoms with Gasteiger partial charge in [0.15, 0.2) is 0 Å². The molecule has 1 heteroatoms. The molecule has 0 heterocycles. The Kier molecular flexibility index (Phi) is 6.04. The fourth-order valence-corrected chi connectivity index (χ4v) is 3.63. The fourth-order valence-electron chi connectivity index (χ4n) is 3.63. The molecule has 0 atom stereocenters. The number of hydrogen-bond acceptors (Lipinski definition) is 1. The summed E-state index contributed by atoms with van der Waals surface area (Å²) in [7, 11) is 0. The molecule has 0 aromatic heterocycles. The summed E-state index contributed by atoms with van der Waals surface area (Å²) in [5, 5.41) is 0. The van der Waals surface area contributed by atoms with Crippen LogP contribution in [-0.2, 0) is 5.41 Å². The summed E-state index contributed by atoms with van der Waals surface area (Å²) in [6.07, 6.45) is 4.30. The van der Waals surface area contributed by atoms with Gasteiger partial charge < -0.3 is 4.90 Å². The van der Waals surface area contributed by atoms with Crippen molar-refractivity contribution in [1.29, 1.82) is 0 Å². The molecule has 4 aromatic carbocycles. The van der Waals surface area contributed by atoms with Crippen LogP contribution >= 0.6 is 0 Å². The quantitative estimate of drug-likeness (QED) is 0.301. The Morgan fingerprint density at radius 2 is 0.903 bits per heavy atom. The van der Waals surface area contributed by atoms with Crippen LogP contribution in [0.5, 0.6) is 0 Å². The first-order valence-electron chi connectivity index (χ1n) is 10.8. The molecular formula is C30H29N. The summed E-state index contributed by atoms with van der Waals surface area (Å²) in [5.41, 5.74) is 7.32. The third kappa shape index (κ3) is 5.13. The van der Waals surface area contributed by atoms with Crippen LogP contribution in [0.15, 0.2) is 109 Å². The molecule has 0 amide bonds. The van der Waals surface area contributed by atoms with Gasteiger partial charge in [0.05, 0.1) is 0 Å². The van der Waals surface area contributed by atoms with Crippen molar-refractivity contribution in [2.45, 2.75) is 26.2 Å².